The molecule has 3 aromatic rings. The Morgan fingerprint density at radius 2 is 1.62 bits per heavy atom. The van der Waals surface area contributed by atoms with Gasteiger partial charge in [-0.2, -0.15) is 0 Å². The molecule has 0 fully saturated rings. The van der Waals surface area contributed by atoms with Crippen molar-refractivity contribution in [2.24, 2.45) is 0 Å². The number of aryl methyl sites for hydroxylation is 2. The van der Waals surface area contributed by atoms with E-state index in [1.54, 1.807) is 24.3 Å². The van der Waals surface area contributed by atoms with Gasteiger partial charge in [-0.15, -0.1) is 0 Å². The molecule has 0 unspecified atom stereocenters. The van der Waals surface area contributed by atoms with Gasteiger partial charge in [-0.05, 0) is 73.9 Å². The Kier molecular flexibility index (Phi) is 6.01. The maximum Gasteiger partial charge on any atom is 0.282 e. The molecule has 0 radical (unpaired) electrons. The second kappa shape index (κ2) is 8.89. The third kappa shape index (κ3) is 3.99. The van der Waals surface area contributed by atoms with Gasteiger partial charge in [0.1, 0.15) is 11.4 Å². The Hall–Kier alpha value is -3.57. The van der Waals surface area contributed by atoms with Gasteiger partial charge in [0.2, 0.25) is 0 Å². The first-order valence-corrected chi connectivity index (χ1v) is 10.7. The van der Waals surface area contributed by atoms with Gasteiger partial charge >= 0.3 is 0 Å². The van der Waals surface area contributed by atoms with E-state index in [0.717, 1.165) is 21.8 Å². The van der Waals surface area contributed by atoms with Crippen molar-refractivity contribution >= 4 is 40.4 Å². The van der Waals surface area contributed by atoms with Crippen molar-refractivity contribution in [3.05, 3.63) is 94.1 Å². The number of hydrogen-bond acceptors (Lipinski definition) is 4. The van der Waals surface area contributed by atoms with Crippen LogP contribution in [-0.2, 0) is 9.59 Å². The second-order valence-corrected chi connectivity index (χ2v) is 7.94. The standard InChI is InChI=1S/C26H23ClN2O3/c1-4-32-20-13-11-19(12-14-20)28-24-23(18-10-9-16(2)17(3)15-18)25(30)29(26(24)31)22-8-6-5-7-21(22)27/h5-15,28H,4H2,1-3H3. The van der Waals surface area contributed by atoms with Gasteiger partial charge in [0.05, 0.1) is 22.9 Å². The number of amides is 2. The van der Waals surface area contributed by atoms with Crippen molar-refractivity contribution < 1.29 is 14.3 Å². The van der Waals surface area contributed by atoms with Crippen LogP contribution in [0, 0.1) is 13.8 Å². The third-order valence-electron chi connectivity index (χ3n) is 5.41. The fraction of sp³-hybridized carbons (Fsp3) is 0.154. The summed E-state index contributed by atoms with van der Waals surface area (Å²) in [6.07, 6.45) is 0. The predicted molar refractivity (Wildman–Crippen MR) is 128 cm³/mol. The van der Waals surface area contributed by atoms with Crippen molar-refractivity contribution in [1.29, 1.82) is 0 Å². The fourth-order valence-electron chi connectivity index (χ4n) is 3.61. The second-order valence-electron chi connectivity index (χ2n) is 7.53. The summed E-state index contributed by atoms with van der Waals surface area (Å²) in [4.78, 5) is 28.1. The number of nitrogens with one attached hydrogen (secondary N) is 1. The number of ether oxygens (including phenoxy) is 1. The van der Waals surface area contributed by atoms with Crippen LogP contribution >= 0.6 is 11.6 Å². The smallest absolute Gasteiger partial charge is 0.282 e. The fourth-order valence-corrected chi connectivity index (χ4v) is 3.83. The number of para-hydroxylation sites is 1. The maximum absolute atomic E-state index is 13.5. The zero-order valence-electron chi connectivity index (χ0n) is 18.1. The molecule has 3 aromatic carbocycles. The molecule has 0 saturated heterocycles. The lowest BCUT2D eigenvalue weighted by Gasteiger charge is -2.16. The van der Waals surface area contributed by atoms with E-state index in [-0.39, 0.29) is 5.70 Å². The van der Waals surface area contributed by atoms with Crippen LogP contribution in [0.4, 0.5) is 11.4 Å². The van der Waals surface area contributed by atoms with Crippen LogP contribution in [0.15, 0.2) is 72.4 Å². The number of carbonyl (C=O) groups is 2. The molecular formula is C26H23ClN2O3. The normalized spacial score (nSPS) is 13.7. The van der Waals surface area contributed by atoms with Crippen molar-refractivity contribution in [2.75, 3.05) is 16.8 Å². The van der Waals surface area contributed by atoms with E-state index in [0.29, 0.717) is 34.1 Å². The quantitative estimate of drug-likeness (QED) is 0.489. The molecule has 0 aromatic heterocycles. The summed E-state index contributed by atoms with van der Waals surface area (Å²) >= 11 is 6.33. The highest BCUT2D eigenvalue weighted by molar-refractivity contribution is 6.48. The minimum absolute atomic E-state index is 0.210. The molecule has 0 aliphatic carbocycles. The molecule has 0 bridgehead atoms. The van der Waals surface area contributed by atoms with Gasteiger partial charge in [0, 0.05) is 5.69 Å². The van der Waals surface area contributed by atoms with Gasteiger partial charge in [-0.25, -0.2) is 4.90 Å². The molecule has 0 saturated carbocycles. The highest BCUT2D eigenvalue weighted by Gasteiger charge is 2.41. The Morgan fingerprint density at radius 1 is 0.906 bits per heavy atom. The first-order valence-electron chi connectivity index (χ1n) is 10.4. The Balaban J connectivity index is 1.80. The minimum atomic E-state index is -0.454. The number of hydrogen-bond donors (Lipinski definition) is 1. The Labute approximate surface area is 192 Å². The summed E-state index contributed by atoms with van der Waals surface area (Å²) in [7, 11) is 0. The lowest BCUT2D eigenvalue weighted by Crippen LogP contribution is -2.32. The summed E-state index contributed by atoms with van der Waals surface area (Å²) in [6, 6.07) is 19.8. The van der Waals surface area contributed by atoms with E-state index in [4.69, 9.17) is 16.3 Å². The molecule has 162 valence electrons. The number of rotatable bonds is 6. The molecule has 0 atom stereocenters. The van der Waals surface area contributed by atoms with Gasteiger partial charge < -0.3 is 10.1 Å². The lowest BCUT2D eigenvalue weighted by atomic mass is 9.99. The van der Waals surface area contributed by atoms with Crippen LogP contribution in [0.1, 0.15) is 23.6 Å². The molecule has 5 nitrogen and oxygen atoms in total. The van der Waals surface area contributed by atoms with E-state index < -0.39 is 11.8 Å². The van der Waals surface area contributed by atoms with Crippen LogP contribution in [0.5, 0.6) is 5.75 Å². The summed E-state index contributed by atoms with van der Waals surface area (Å²) in [5.41, 5.74) is 4.37. The van der Waals surface area contributed by atoms with E-state index in [1.807, 2.05) is 63.2 Å². The zero-order chi connectivity index (χ0) is 22.8. The van der Waals surface area contributed by atoms with Gasteiger partial charge in [0.15, 0.2) is 0 Å². The minimum Gasteiger partial charge on any atom is -0.494 e. The number of benzene rings is 3. The van der Waals surface area contributed by atoms with E-state index in [9.17, 15) is 9.59 Å². The van der Waals surface area contributed by atoms with Crippen molar-refractivity contribution in [3.8, 4) is 5.75 Å². The molecule has 2 amide bonds. The number of carbonyl (C=O) groups excluding carboxylic acids is 2. The van der Waals surface area contributed by atoms with E-state index in [1.165, 1.54) is 0 Å². The zero-order valence-corrected chi connectivity index (χ0v) is 18.9. The highest BCUT2D eigenvalue weighted by atomic mass is 35.5. The van der Waals surface area contributed by atoms with Crippen LogP contribution in [0.3, 0.4) is 0 Å². The average molecular weight is 447 g/mol. The summed E-state index contributed by atoms with van der Waals surface area (Å²) in [5.74, 6) is -0.141. The molecule has 1 aliphatic rings. The van der Waals surface area contributed by atoms with Crippen molar-refractivity contribution in [1.82, 2.24) is 0 Å². The van der Waals surface area contributed by atoms with Gasteiger partial charge in [-0.1, -0.05) is 41.9 Å². The molecule has 4 rings (SSSR count). The van der Waals surface area contributed by atoms with Gasteiger partial charge in [-0.3, -0.25) is 9.59 Å². The highest BCUT2D eigenvalue weighted by Crippen LogP contribution is 2.37. The molecule has 1 aliphatic heterocycles. The summed E-state index contributed by atoms with van der Waals surface area (Å²) < 4.78 is 5.49. The average Bonchev–Trinajstić information content (AvgIpc) is 3.02. The van der Waals surface area contributed by atoms with Crippen LogP contribution < -0.4 is 15.0 Å². The monoisotopic (exact) mass is 446 g/mol. The topological polar surface area (TPSA) is 58.6 Å². The lowest BCUT2D eigenvalue weighted by molar-refractivity contribution is -0.120. The summed E-state index contributed by atoms with van der Waals surface area (Å²) in [6.45, 7) is 6.46. The molecule has 1 N–H and O–H groups in total. The number of imide groups is 1. The van der Waals surface area contributed by atoms with Crippen molar-refractivity contribution in [3.63, 3.8) is 0 Å². The van der Waals surface area contributed by atoms with Crippen molar-refractivity contribution in [2.45, 2.75) is 20.8 Å². The number of anilines is 2. The molecule has 6 heteroatoms. The Morgan fingerprint density at radius 3 is 2.28 bits per heavy atom. The number of nitrogens with zero attached hydrogens (tertiary/aromatic N) is 1. The Bertz CT molecular complexity index is 1230. The first-order chi connectivity index (χ1) is 15.4. The predicted octanol–water partition coefficient (Wildman–Crippen LogP) is 5.75. The SMILES string of the molecule is CCOc1ccc(NC2=C(c3ccc(C)c(C)c3)C(=O)N(c3ccccc3Cl)C2=O)cc1. The largest absolute Gasteiger partial charge is 0.494 e. The molecule has 32 heavy (non-hydrogen) atoms. The first kappa shape index (κ1) is 21.7. The number of halogens is 1. The summed E-state index contributed by atoms with van der Waals surface area (Å²) in [5, 5.41) is 3.49. The molecule has 1 heterocycles. The van der Waals surface area contributed by atoms with E-state index >= 15 is 0 Å². The third-order valence-corrected chi connectivity index (χ3v) is 5.73. The molecule has 0 spiro atoms. The maximum atomic E-state index is 13.5. The van der Waals surface area contributed by atoms with E-state index in [2.05, 4.69) is 5.32 Å². The van der Waals surface area contributed by atoms with Crippen LogP contribution in [-0.4, -0.2) is 18.4 Å². The van der Waals surface area contributed by atoms with Crippen LogP contribution in [0.25, 0.3) is 5.57 Å². The van der Waals surface area contributed by atoms with Crippen LogP contribution in [0.2, 0.25) is 5.02 Å². The van der Waals surface area contributed by atoms with Gasteiger partial charge in [0.25, 0.3) is 11.8 Å². The molecular weight excluding hydrogens is 424 g/mol.